The lowest BCUT2D eigenvalue weighted by Crippen LogP contribution is -2.37. The van der Waals surface area contributed by atoms with E-state index in [4.69, 9.17) is 0 Å². The number of imidazole rings is 1. The fraction of sp³-hybridized carbons (Fsp3) is 0.944. The van der Waals surface area contributed by atoms with Crippen molar-refractivity contribution in [3.05, 3.63) is 18.2 Å². The largest absolute Gasteiger partial charge is 0.256 e. The Labute approximate surface area is 355 Å². The summed E-state index contributed by atoms with van der Waals surface area (Å²) in [6, 6.07) is 0. The average molecular weight is 784 g/mol. The average Bonchev–Trinajstić information content (AvgIpc) is 3.59. The van der Waals surface area contributed by atoms with Gasteiger partial charge in [-0.05, 0) is 32.1 Å². The van der Waals surface area contributed by atoms with Crippen molar-refractivity contribution >= 4 is 0 Å². The number of aromatic nitrogens is 2. The molecule has 0 unspecified atom stereocenters. The van der Waals surface area contributed by atoms with Gasteiger partial charge in [0.25, 0.3) is 5.82 Å². The normalized spacial score (nSPS) is 11.7. The molecule has 0 saturated carbocycles. The minimum Gasteiger partial charge on any atom is -0.234 e. The standard InChI is InChI=1S/C54H107N2/c1-4-7-10-13-16-19-22-25-27-29-31-33-36-39-42-45-48-51-56-53-52-55(54(56)49-46-43-40-37-34-24-21-18-15-12-9-6-3)50-47-44-41-38-35-32-30-28-26-23-20-17-14-11-8-5-2/h52-53H,4-51H2,1-3H3/q+1. The lowest BCUT2D eigenvalue weighted by atomic mass is 10.0. The van der Waals surface area contributed by atoms with Crippen LogP contribution in [0.3, 0.4) is 0 Å². The van der Waals surface area contributed by atoms with Gasteiger partial charge >= 0.3 is 0 Å². The Hall–Kier alpha value is -0.790. The first-order valence-corrected chi connectivity index (χ1v) is 26.9. The Morgan fingerprint density at radius 3 is 0.857 bits per heavy atom. The monoisotopic (exact) mass is 784 g/mol. The summed E-state index contributed by atoms with van der Waals surface area (Å²) in [5.41, 5.74) is 0. The van der Waals surface area contributed by atoms with E-state index >= 15 is 0 Å². The summed E-state index contributed by atoms with van der Waals surface area (Å²) in [4.78, 5) is 0. The Bertz CT molecular complexity index is 857. The summed E-state index contributed by atoms with van der Waals surface area (Å²) in [7, 11) is 0. The number of nitrogens with zero attached hydrogens (tertiary/aromatic N) is 2. The predicted octanol–water partition coefficient (Wildman–Crippen LogP) is 18.9. The van der Waals surface area contributed by atoms with Crippen LogP contribution in [0.15, 0.2) is 12.4 Å². The van der Waals surface area contributed by atoms with E-state index in [1.54, 1.807) is 5.82 Å². The van der Waals surface area contributed by atoms with Crippen LogP contribution in [0.4, 0.5) is 0 Å². The summed E-state index contributed by atoms with van der Waals surface area (Å²) in [5, 5.41) is 0. The highest BCUT2D eigenvalue weighted by Crippen LogP contribution is 2.17. The van der Waals surface area contributed by atoms with Crippen LogP contribution in [-0.4, -0.2) is 4.57 Å². The van der Waals surface area contributed by atoms with Gasteiger partial charge in [-0.15, -0.1) is 0 Å². The molecule has 0 atom stereocenters. The number of hydrogen-bond acceptors (Lipinski definition) is 0. The lowest BCUT2D eigenvalue weighted by molar-refractivity contribution is -0.704. The fourth-order valence-electron chi connectivity index (χ4n) is 9.15. The lowest BCUT2D eigenvalue weighted by Gasteiger charge is -2.07. The van der Waals surface area contributed by atoms with Gasteiger partial charge in [0.1, 0.15) is 12.4 Å². The molecule has 2 heteroatoms. The molecule has 0 radical (unpaired) electrons. The minimum atomic E-state index is 1.23. The molecule has 0 amide bonds. The van der Waals surface area contributed by atoms with Crippen molar-refractivity contribution in [2.75, 3.05) is 0 Å². The van der Waals surface area contributed by atoms with Crippen molar-refractivity contribution in [2.45, 2.75) is 329 Å². The maximum Gasteiger partial charge on any atom is 0.256 e. The molecular weight excluding hydrogens is 677 g/mol. The highest BCUT2D eigenvalue weighted by atomic mass is 15.1. The van der Waals surface area contributed by atoms with Crippen molar-refractivity contribution in [1.82, 2.24) is 4.57 Å². The van der Waals surface area contributed by atoms with Gasteiger partial charge < -0.3 is 0 Å². The molecule has 0 spiro atoms. The van der Waals surface area contributed by atoms with Crippen LogP contribution in [0, 0.1) is 0 Å². The molecule has 0 fully saturated rings. The van der Waals surface area contributed by atoms with Gasteiger partial charge in [-0.1, -0.05) is 278 Å². The molecule has 0 aliphatic rings. The third-order valence-electron chi connectivity index (χ3n) is 13.1. The third-order valence-corrected chi connectivity index (χ3v) is 13.1. The Balaban J connectivity index is 2.23. The molecule has 1 rings (SSSR count). The van der Waals surface area contributed by atoms with Crippen molar-refractivity contribution in [1.29, 1.82) is 0 Å². The molecule has 0 N–H and O–H groups in total. The number of unbranched alkanes of at least 4 members (excludes halogenated alkanes) is 42. The summed E-state index contributed by atoms with van der Waals surface area (Å²) < 4.78 is 5.33. The zero-order valence-electron chi connectivity index (χ0n) is 39.5. The van der Waals surface area contributed by atoms with Crippen LogP contribution in [0.25, 0.3) is 0 Å². The van der Waals surface area contributed by atoms with Crippen LogP contribution >= 0.6 is 0 Å². The second-order valence-electron chi connectivity index (χ2n) is 18.7. The van der Waals surface area contributed by atoms with E-state index in [1.807, 2.05) is 0 Å². The highest BCUT2D eigenvalue weighted by molar-refractivity contribution is 4.84. The number of rotatable bonds is 48. The topological polar surface area (TPSA) is 8.81 Å². The van der Waals surface area contributed by atoms with Crippen molar-refractivity contribution in [3.8, 4) is 0 Å². The molecule has 0 bridgehead atoms. The van der Waals surface area contributed by atoms with Crippen LogP contribution in [0.1, 0.15) is 316 Å². The Morgan fingerprint density at radius 2 is 0.554 bits per heavy atom. The fourth-order valence-corrected chi connectivity index (χ4v) is 9.15. The van der Waals surface area contributed by atoms with Gasteiger partial charge in [0.15, 0.2) is 0 Å². The van der Waals surface area contributed by atoms with Crippen LogP contribution in [0.5, 0.6) is 0 Å². The van der Waals surface area contributed by atoms with Gasteiger partial charge in [0, 0.05) is 6.42 Å². The van der Waals surface area contributed by atoms with Crippen LogP contribution in [0.2, 0.25) is 0 Å². The molecule has 2 nitrogen and oxygen atoms in total. The highest BCUT2D eigenvalue weighted by Gasteiger charge is 2.16. The number of hydrogen-bond donors (Lipinski definition) is 0. The summed E-state index contributed by atoms with van der Waals surface area (Å²) in [6.07, 6.45) is 71.3. The van der Waals surface area contributed by atoms with E-state index in [0.717, 1.165) is 0 Å². The van der Waals surface area contributed by atoms with E-state index in [0.29, 0.717) is 0 Å². The van der Waals surface area contributed by atoms with E-state index in [1.165, 1.54) is 308 Å². The molecule has 0 aliphatic heterocycles. The van der Waals surface area contributed by atoms with Gasteiger partial charge in [-0.2, -0.15) is 0 Å². The molecule has 56 heavy (non-hydrogen) atoms. The maximum atomic E-state index is 2.66. The molecular formula is C54H107N2+. The van der Waals surface area contributed by atoms with Crippen molar-refractivity contribution in [3.63, 3.8) is 0 Å². The van der Waals surface area contributed by atoms with Crippen LogP contribution < -0.4 is 4.57 Å². The molecule has 1 aromatic heterocycles. The molecule has 0 aliphatic carbocycles. The first kappa shape index (κ1) is 53.2. The molecule has 332 valence electrons. The summed E-state index contributed by atoms with van der Waals surface area (Å²) >= 11 is 0. The van der Waals surface area contributed by atoms with E-state index in [9.17, 15) is 0 Å². The second kappa shape index (κ2) is 45.3. The quantitative estimate of drug-likeness (QED) is 0.0460. The zero-order chi connectivity index (χ0) is 40.1. The first-order valence-electron chi connectivity index (χ1n) is 26.9. The molecule has 0 saturated heterocycles. The Morgan fingerprint density at radius 1 is 0.304 bits per heavy atom. The van der Waals surface area contributed by atoms with Gasteiger partial charge in [-0.25, -0.2) is 9.13 Å². The Kier molecular flexibility index (Phi) is 43.1. The molecule has 0 aromatic carbocycles. The summed E-state index contributed by atoms with van der Waals surface area (Å²) in [5.74, 6) is 1.63. The maximum absolute atomic E-state index is 2.66. The SMILES string of the molecule is CCCCCCCCCCCCCCCCCCCn1cc[n+](CCCCCCCCCCCCCCCCCC)c1CCCCCCCCCCCCCC. The van der Waals surface area contributed by atoms with E-state index in [2.05, 4.69) is 42.3 Å². The molecule has 1 aromatic rings. The van der Waals surface area contributed by atoms with Crippen molar-refractivity contribution < 1.29 is 4.57 Å². The summed E-state index contributed by atoms with van der Waals surface area (Å²) in [6.45, 7) is 9.42. The van der Waals surface area contributed by atoms with Crippen LogP contribution in [-0.2, 0) is 19.5 Å². The molecule has 1 heterocycles. The van der Waals surface area contributed by atoms with Gasteiger partial charge in [-0.3, -0.25) is 0 Å². The van der Waals surface area contributed by atoms with E-state index in [-0.39, 0.29) is 0 Å². The second-order valence-corrected chi connectivity index (χ2v) is 18.7. The third kappa shape index (κ3) is 36.3. The minimum absolute atomic E-state index is 1.23. The van der Waals surface area contributed by atoms with E-state index < -0.39 is 0 Å². The van der Waals surface area contributed by atoms with Gasteiger partial charge in [0.05, 0.1) is 13.1 Å². The first-order chi connectivity index (χ1) is 27.8. The number of aryl methyl sites for hydroxylation is 2. The predicted molar refractivity (Wildman–Crippen MR) is 253 cm³/mol. The van der Waals surface area contributed by atoms with Gasteiger partial charge in [0.2, 0.25) is 0 Å². The van der Waals surface area contributed by atoms with Crippen molar-refractivity contribution in [2.24, 2.45) is 0 Å². The smallest absolute Gasteiger partial charge is 0.234 e. The zero-order valence-corrected chi connectivity index (χ0v) is 39.5.